The Balaban J connectivity index is 2.05. The minimum absolute atomic E-state index is 0.468. The van der Waals surface area contributed by atoms with Crippen molar-refractivity contribution >= 4 is 32.6 Å². The van der Waals surface area contributed by atoms with Gasteiger partial charge in [0.25, 0.3) is 0 Å². The maximum Gasteiger partial charge on any atom is 0.248 e. The molecule has 0 spiro atoms. The van der Waals surface area contributed by atoms with E-state index in [9.17, 15) is 8.42 Å². The Morgan fingerprint density at radius 2 is 1.78 bits per heavy atom. The largest absolute Gasteiger partial charge is 0.378 e. The van der Waals surface area contributed by atoms with Gasteiger partial charge in [-0.3, -0.25) is 0 Å². The molecule has 27 heavy (non-hydrogen) atoms. The van der Waals surface area contributed by atoms with Gasteiger partial charge < -0.3 is 9.47 Å². The van der Waals surface area contributed by atoms with Crippen molar-refractivity contribution in [3.8, 4) is 17.3 Å². The third-order valence-electron chi connectivity index (χ3n) is 4.49. The highest BCUT2D eigenvalue weighted by atomic mass is 32.2. The summed E-state index contributed by atoms with van der Waals surface area (Å²) in [6.45, 7) is 0. The second-order valence-electron chi connectivity index (χ2n) is 6.51. The van der Waals surface area contributed by atoms with E-state index in [0.717, 1.165) is 27.7 Å². The summed E-state index contributed by atoms with van der Waals surface area (Å²) in [7, 11) is 1.79. The third-order valence-corrected chi connectivity index (χ3v) is 5.31. The lowest BCUT2D eigenvalue weighted by molar-refractivity contribution is 0.605. The standard InChI is InChI=1S/C20H20N4O2S/c1-23(2)17-7-6-14-10-16(5-4-15(14)11-17)20-9-8-18(24(20)3)12-19(13-21)27(22,25)26/h4-12H,1-3H3,(H2,22,25,26). The van der Waals surface area contributed by atoms with E-state index in [-0.39, 0.29) is 0 Å². The van der Waals surface area contributed by atoms with Gasteiger partial charge >= 0.3 is 0 Å². The van der Waals surface area contributed by atoms with Gasteiger partial charge in [-0.05, 0) is 52.7 Å². The number of rotatable bonds is 4. The van der Waals surface area contributed by atoms with Crippen LogP contribution in [0.4, 0.5) is 5.69 Å². The first-order valence-corrected chi connectivity index (χ1v) is 9.77. The Hall–Kier alpha value is -3.08. The van der Waals surface area contributed by atoms with Crippen LogP contribution in [0.15, 0.2) is 53.4 Å². The molecule has 2 N–H and O–H groups in total. The van der Waals surface area contributed by atoms with Crippen LogP contribution < -0.4 is 10.0 Å². The van der Waals surface area contributed by atoms with Gasteiger partial charge in [-0.2, -0.15) is 5.26 Å². The van der Waals surface area contributed by atoms with Crippen LogP contribution in [0.3, 0.4) is 0 Å². The van der Waals surface area contributed by atoms with E-state index in [1.807, 2.05) is 37.8 Å². The summed E-state index contributed by atoms with van der Waals surface area (Å²) in [5.41, 5.74) is 3.62. The number of sulfonamides is 1. The number of allylic oxidation sites excluding steroid dienone is 1. The topological polar surface area (TPSA) is 92.1 Å². The molecule has 0 radical (unpaired) electrons. The van der Waals surface area contributed by atoms with Crippen LogP contribution in [0.1, 0.15) is 5.69 Å². The smallest absolute Gasteiger partial charge is 0.248 e. The van der Waals surface area contributed by atoms with Crippen LogP contribution in [-0.2, 0) is 17.1 Å². The number of hydrogen-bond donors (Lipinski definition) is 1. The van der Waals surface area contributed by atoms with E-state index >= 15 is 0 Å². The Kier molecular flexibility index (Phi) is 4.79. The zero-order valence-electron chi connectivity index (χ0n) is 15.3. The Labute approximate surface area is 158 Å². The van der Waals surface area contributed by atoms with Crippen LogP contribution in [0.2, 0.25) is 0 Å². The van der Waals surface area contributed by atoms with Crippen molar-refractivity contribution in [3.63, 3.8) is 0 Å². The molecule has 0 unspecified atom stereocenters. The van der Waals surface area contributed by atoms with Gasteiger partial charge in [0.05, 0.1) is 0 Å². The first-order valence-electron chi connectivity index (χ1n) is 8.22. The second-order valence-corrected chi connectivity index (χ2v) is 8.04. The number of fused-ring (bicyclic) bond motifs is 1. The number of aromatic nitrogens is 1. The van der Waals surface area contributed by atoms with Gasteiger partial charge in [0, 0.05) is 38.2 Å². The fraction of sp³-hybridized carbons (Fsp3) is 0.150. The van der Waals surface area contributed by atoms with E-state index in [1.165, 1.54) is 6.08 Å². The molecule has 1 heterocycles. The number of hydrogen-bond acceptors (Lipinski definition) is 4. The molecule has 0 aliphatic rings. The monoisotopic (exact) mass is 380 g/mol. The first-order chi connectivity index (χ1) is 12.7. The number of benzene rings is 2. The van der Waals surface area contributed by atoms with E-state index in [1.54, 1.807) is 12.1 Å². The number of nitrogens with zero attached hydrogens (tertiary/aromatic N) is 3. The molecule has 0 atom stereocenters. The fourth-order valence-corrected chi connectivity index (χ4v) is 3.36. The summed E-state index contributed by atoms with van der Waals surface area (Å²) in [5.74, 6) is 0. The quantitative estimate of drug-likeness (QED) is 0.704. The van der Waals surface area contributed by atoms with Gasteiger partial charge in [-0.15, -0.1) is 0 Å². The van der Waals surface area contributed by atoms with E-state index in [0.29, 0.717) is 5.69 Å². The van der Waals surface area contributed by atoms with Crippen molar-refractivity contribution in [3.05, 3.63) is 59.1 Å². The van der Waals surface area contributed by atoms with E-state index in [4.69, 9.17) is 10.4 Å². The normalized spacial score (nSPS) is 12.2. The number of anilines is 1. The zero-order chi connectivity index (χ0) is 19.8. The number of nitriles is 1. The molecule has 6 nitrogen and oxygen atoms in total. The predicted octanol–water partition coefficient (Wildman–Crippen LogP) is 3.06. The SMILES string of the molecule is CN(C)c1ccc2cc(-c3ccc(C=C(C#N)S(N)(=O)=O)n3C)ccc2c1. The molecular weight excluding hydrogens is 360 g/mol. The summed E-state index contributed by atoms with van der Waals surface area (Å²) in [6.07, 6.45) is 1.28. The highest BCUT2D eigenvalue weighted by Crippen LogP contribution is 2.28. The molecule has 0 amide bonds. The van der Waals surface area contributed by atoms with Crippen molar-refractivity contribution in [1.82, 2.24) is 4.57 Å². The van der Waals surface area contributed by atoms with Gasteiger partial charge in [0.1, 0.15) is 6.07 Å². The highest BCUT2D eigenvalue weighted by Gasteiger charge is 2.13. The Bertz CT molecular complexity index is 1200. The molecule has 1 aromatic heterocycles. The van der Waals surface area contributed by atoms with Crippen LogP contribution >= 0.6 is 0 Å². The van der Waals surface area contributed by atoms with Gasteiger partial charge in [-0.1, -0.05) is 18.2 Å². The molecule has 0 aliphatic heterocycles. The van der Waals surface area contributed by atoms with Crippen molar-refractivity contribution in [1.29, 1.82) is 5.26 Å². The van der Waals surface area contributed by atoms with Gasteiger partial charge in [0.2, 0.25) is 10.0 Å². The third kappa shape index (κ3) is 3.72. The molecule has 0 bridgehead atoms. The molecule has 7 heteroatoms. The van der Waals surface area contributed by atoms with Crippen molar-refractivity contribution in [2.45, 2.75) is 0 Å². The van der Waals surface area contributed by atoms with Gasteiger partial charge in [0.15, 0.2) is 4.91 Å². The zero-order valence-corrected chi connectivity index (χ0v) is 16.2. The molecule has 0 saturated carbocycles. The lowest BCUT2D eigenvalue weighted by Gasteiger charge is -2.13. The molecule has 3 rings (SSSR count). The molecule has 2 aromatic carbocycles. The predicted molar refractivity (Wildman–Crippen MR) is 109 cm³/mol. The maximum atomic E-state index is 11.5. The lowest BCUT2D eigenvalue weighted by Crippen LogP contribution is -2.13. The average Bonchev–Trinajstić information content (AvgIpc) is 2.98. The minimum Gasteiger partial charge on any atom is -0.378 e. The number of nitrogens with two attached hydrogens (primary N) is 1. The Morgan fingerprint density at radius 3 is 2.41 bits per heavy atom. The minimum atomic E-state index is -4.04. The van der Waals surface area contributed by atoms with Crippen molar-refractivity contribution in [2.75, 3.05) is 19.0 Å². The second kappa shape index (κ2) is 6.91. The molecular formula is C20H20N4O2S. The molecule has 138 valence electrons. The summed E-state index contributed by atoms with van der Waals surface area (Å²) in [6, 6.07) is 17.7. The van der Waals surface area contributed by atoms with Crippen molar-refractivity contribution in [2.24, 2.45) is 12.2 Å². The number of primary sulfonamides is 1. The Morgan fingerprint density at radius 1 is 1.11 bits per heavy atom. The summed E-state index contributed by atoms with van der Waals surface area (Å²) < 4.78 is 24.7. The van der Waals surface area contributed by atoms with Crippen LogP contribution in [-0.4, -0.2) is 27.1 Å². The summed E-state index contributed by atoms with van der Waals surface area (Å²) in [4.78, 5) is 1.59. The van der Waals surface area contributed by atoms with Crippen LogP contribution in [0.5, 0.6) is 0 Å². The molecule has 3 aromatic rings. The molecule has 0 aliphatic carbocycles. The highest BCUT2D eigenvalue weighted by molar-refractivity contribution is 7.93. The lowest BCUT2D eigenvalue weighted by atomic mass is 10.0. The average molecular weight is 380 g/mol. The molecule has 0 fully saturated rings. The van der Waals surface area contributed by atoms with Crippen LogP contribution in [0, 0.1) is 11.3 Å². The van der Waals surface area contributed by atoms with E-state index in [2.05, 4.69) is 35.2 Å². The summed E-state index contributed by atoms with van der Waals surface area (Å²) in [5, 5.41) is 16.3. The van der Waals surface area contributed by atoms with Gasteiger partial charge in [-0.25, -0.2) is 13.6 Å². The maximum absolute atomic E-state index is 11.5. The fourth-order valence-electron chi connectivity index (χ4n) is 2.94. The van der Waals surface area contributed by atoms with Crippen LogP contribution in [0.25, 0.3) is 28.1 Å². The summed E-state index contributed by atoms with van der Waals surface area (Å²) >= 11 is 0. The molecule has 0 saturated heterocycles. The van der Waals surface area contributed by atoms with Crippen molar-refractivity contribution < 1.29 is 8.42 Å². The first kappa shape index (κ1) is 18.7. The van der Waals surface area contributed by atoms with E-state index < -0.39 is 14.9 Å².